The maximum Gasteiger partial charge on any atom is 0.348 e. The SMILES string of the molecule is COc1c(C=C2C(=O)OC(C)(C)OC2=O)cc(Br)c(O)c1OC. The molecule has 2 rings (SSSR count). The molecule has 0 aromatic heterocycles. The number of cyclic esters (lactones) is 2. The molecule has 0 amide bonds. The highest BCUT2D eigenvalue weighted by Gasteiger charge is 2.39. The van der Waals surface area contributed by atoms with E-state index in [-0.39, 0.29) is 22.8 Å². The van der Waals surface area contributed by atoms with Gasteiger partial charge in [0.25, 0.3) is 5.79 Å². The number of benzene rings is 1. The Kier molecular flexibility index (Phi) is 4.56. The summed E-state index contributed by atoms with van der Waals surface area (Å²) >= 11 is 3.17. The minimum Gasteiger partial charge on any atom is -0.503 e. The van der Waals surface area contributed by atoms with Crippen molar-refractivity contribution in [1.29, 1.82) is 0 Å². The van der Waals surface area contributed by atoms with E-state index < -0.39 is 17.7 Å². The Morgan fingerprint density at radius 1 is 1.13 bits per heavy atom. The van der Waals surface area contributed by atoms with Gasteiger partial charge in [-0.25, -0.2) is 9.59 Å². The number of esters is 2. The molecule has 7 nitrogen and oxygen atoms in total. The van der Waals surface area contributed by atoms with E-state index in [1.54, 1.807) is 0 Å². The minimum absolute atomic E-state index is 0.0617. The van der Waals surface area contributed by atoms with E-state index in [1.807, 2.05) is 0 Å². The van der Waals surface area contributed by atoms with Crippen molar-refractivity contribution in [2.24, 2.45) is 0 Å². The number of ether oxygens (including phenoxy) is 4. The smallest absolute Gasteiger partial charge is 0.348 e. The lowest BCUT2D eigenvalue weighted by Crippen LogP contribution is -2.41. The number of halogens is 1. The van der Waals surface area contributed by atoms with Crippen molar-refractivity contribution >= 4 is 33.9 Å². The summed E-state index contributed by atoms with van der Waals surface area (Å²) in [7, 11) is 2.72. The van der Waals surface area contributed by atoms with Crippen LogP contribution in [0.15, 0.2) is 16.1 Å². The predicted molar refractivity (Wildman–Crippen MR) is 83.2 cm³/mol. The lowest BCUT2D eigenvalue weighted by Gasteiger charge is -2.29. The van der Waals surface area contributed by atoms with Gasteiger partial charge in [-0.3, -0.25) is 0 Å². The highest BCUT2D eigenvalue weighted by molar-refractivity contribution is 9.10. The second kappa shape index (κ2) is 6.11. The Balaban J connectivity index is 2.57. The lowest BCUT2D eigenvalue weighted by molar-refractivity contribution is -0.222. The molecule has 0 atom stereocenters. The molecule has 0 aliphatic carbocycles. The average Bonchev–Trinajstić information content (AvgIpc) is 2.44. The maximum atomic E-state index is 12.0. The second-order valence-electron chi connectivity index (χ2n) is 5.10. The fourth-order valence-electron chi connectivity index (χ4n) is 2.06. The van der Waals surface area contributed by atoms with Crippen LogP contribution in [0.5, 0.6) is 17.2 Å². The standard InChI is InChI=1S/C15H15BrO7/c1-15(2)22-13(18)8(14(19)23-15)5-7-6-9(16)10(17)12(21-4)11(7)20-3/h5-6,17H,1-4H3. The Labute approximate surface area is 140 Å². The molecule has 0 bridgehead atoms. The number of rotatable bonds is 3. The lowest BCUT2D eigenvalue weighted by atomic mass is 10.1. The number of methoxy groups -OCH3 is 2. The Morgan fingerprint density at radius 2 is 1.65 bits per heavy atom. The molecule has 1 heterocycles. The molecule has 124 valence electrons. The normalized spacial score (nSPS) is 16.5. The van der Waals surface area contributed by atoms with Crippen molar-refractivity contribution in [3.63, 3.8) is 0 Å². The van der Waals surface area contributed by atoms with Crippen molar-refractivity contribution in [3.05, 3.63) is 21.7 Å². The van der Waals surface area contributed by atoms with Gasteiger partial charge in [-0.05, 0) is 28.1 Å². The summed E-state index contributed by atoms with van der Waals surface area (Å²) in [4.78, 5) is 24.0. The van der Waals surface area contributed by atoms with Gasteiger partial charge >= 0.3 is 11.9 Å². The molecular weight excluding hydrogens is 372 g/mol. The van der Waals surface area contributed by atoms with Crippen LogP contribution in [-0.2, 0) is 19.1 Å². The number of hydrogen-bond donors (Lipinski definition) is 1. The van der Waals surface area contributed by atoms with Gasteiger partial charge in [-0.15, -0.1) is 0 Å². The number of aromatic hydroxyl groups is 1. The molecule has 0 unspecified atom stereocenters. The third-order valence-corrected chi connectivity index (χ3v) is 3.62. The topological polar surface area (TPSA) is 91.3 Å². The van der Waals surface area contributed by atoms with E-state index >= 15 is 0 Å². The van der Waals surface area contributed by atoms with Crippen LogP contribution in [0, 0.1) is 0 Å². The van der Waals surface area contributed by atoms with Gasteiger partial charge in [-0.1, -0.05) is 0 Å². The van der Waals surface area contributed by atoms with Gasteiger partial charge in [0, 0.05) is 19.4 Å². The zero-order valence-electron chi connectivity index (χ0n) is 12.9. The molecule has 8 heteroatoms. The zero-order chi connectivity index (χ0) is 17.4. The third kappa shape index (κ3) is 3.26. The van der Waals surface area contributed by atoms with E-state index in [9.17, 15) is 14.7 Å². The molecule has 23 heavy (non-hydrogen) atoms. The molecule has 0 saturated carbocycles. The van der Waals surface area contributed by atoms with Crippen LogP contribution in [0.1, 0.15) is 19.4 Å². The number of phenolic OH excluding ortho intramolecular Hbond substituents is 1. The molecule has 0 radical (unpaired) electrons. The summed E-state index contributed by atoms with van der Waals surface area (Å²) < 4.78 is 20.7. The first-order valence-corrected chi connectivity index (χ1v) is 7.31. The van der Waals surface area contributed by atoms with Gasteiger partial charge in [0.2, 0.25) is 5.75 Å². The van der Waals surface area contributed by atoms with Gasteiger partial charge in [0.15, 0.2) is 11.5 Å². The maximum absolute atomic E-state index is 12.0. The van der Waals surface area contributed by atoms with E-state index in [4.69, 9.17) is 18.9 Å². The first-order valence-electron chi connectivity index (χ1n) is 6.52. The molecule has 1 fully saturated rings. The first-order chi connectivity index (χ1) is 10.7. The molecule has 1 aromatic carbocycles. The second-order valence-corrected chi connectivity index (χ2v) is 5.95. The van der Waals surface area contributed by atoms with Crippen LogP contribution in [-0.4, -0.2) is 37.1 Å². The molecule has 1 aromatic rings. The van der Waals surface area contributed by atoms with Crippen LogP contribution >= 0.6 is 15.9 Å². The quantitative estimate of drug-likeness (QED) is 0.484. The van der Waals surface area contributed by atoms with Gasteiger partial charge in [-0.2, -0.15) is 0 Å². The van der Waals surface area contributed by atoms with Gasteiger partial charge in [0.05, 0.1) is 18.7 Å². The fraction of sp³-hybridized carbons (Fsp3) is 0.333. The summed E-state index contributed by atoms with van der Waals surface area (Å²) in [5.41, 5.74) is 0.0416. The van der Waals surface area contributed by atoms with Crippen LogP contribution in [0.3, 0.4) is 0 Å². The third-order valence-electron chi connectivity index (χ3n) is 3.02. The van der Waals surface area contributed by atoms with Crippen molar-refractivity contribution < 1.29 is 33.6 Å². The van der Waals surface area contributed by atoms with Gasteiger partial charge < -0.3 is 24.1 Å². The predicted octanol–water partition coefficient (Wildman–Crippen LogP) is 2.39. The number of carbonyl (C=O) groups excluding carboxylic acids is 2. The number of carbonyl (C=O) groups is 2. The van der Waals surface area contributed by atoms with Gasteiger partial charge in [0.1, 0.15) is 5.57 Å². The largest absolute Gasteiger partial charge is 0.503 e. The molecule has 1 N–H and O–H groups in total. The highest BCUT2D eigenvalue weighted by Crippen LogP contribution is 2.45. The molecule has 1 saturated heterocycles. The summed E-state index contributed by atoms with van der Waals surface area (Å²) in [5, 5.41) is 9.96. The van der Waals surface area contributed by atoms with Crippen molar-refractivity contribution in [3.8, 4) is 17.2 Å². The number of phenols is 1. The van der Waals surface area contributed by atoms with Crippen molar-refractivity contribution in [2.75, 3.05) is 14.2 Å². The molecular formula is C15H15BrO7. The summed E-state index contributed by atoms with van der Waals surface area (Å²) in [6.45, 7) is 2.92. The van der Waals surface area contributed by atoms with E-state index in [0.717, 1.165) is 0 Å². The van der Waals surface area contributed by atoms with Crippen LogP contribution in [0.25, 0.3) is 6.08 Å². The molecule has 1 aliphatic rings. The van der Waals surface area contributed by atoms with Crippen molar-refractivity contribution in [2.45, 2.75) is 19.6 Å². The molecule has 0 spiro atoms. The average molecular weight is 387 g/mol. The van der Waals surface area contributed by atoms with Crippen molar-refractivity contribution in [1.82, 2.24) is 0 Å². The van der Waals surface area contributed by atoms with Crippen LogP contribution in [0.2, 0.25) is 0 Å². The van der Waals surface area contributed by atoms with E-state index in [2.05, 4.69) is 15.9 Å². The Hall–Kier alpha value is -2.22. The summed E-state index contributed by atoms with van der Waals surface area (Å²) in [6, 6.07) is 1.48. The molecule has 1 aliphatic heterocycles. The first kappa shape index (κ1) is 17.1. The highest BCUT2D eigenvalue weighted by atomic mass is 79.9. The van der Waals surface area contributed by atoms with E-state index in [1.165, 1.54) is 40.2 Å². The Bertz CT molecular complexity index is 684. The Morgan fingerprint density at radius 3 is 2.13 bits per heavy atom. The fourth-order valence-corrected chi connectivity index (χ4v) is 2.49. The summed E-state index contributed by atoms with van der Waals surface area (Å²) in [6.07, 6.45) is 1.26. The zero-order valence-corrected chi connectivity index (χ0v) is 14.5. The van der Waals surface area contributed by atoms with Crippen LogP contribution in [0.4, 0.5) is 0 Å². The monoisotopic (exact) mass is 386 g/mol. The number of hydrogen-bond acceptors (Lipinski definition) is 7. The minimum atomic E-state index is -1.32. The van der Waals surface area contributed by atoms with E-state index in [0.29, 0.717) is 10.0 Å². The van der Waals surface area contributed by atoms with Crippen LogP contribution < -0.4 is 9.47 Å². The summed E-state index contributed by atoms with van der Waals surface area (Å²) in [5.74, 6) is -2.88.